The van der Waals surface area contributed by atoms with Crippen LogP contribution in [0.4, 0.5) is 0 Å². The number of carbonyl (C=O) groups excluding carboxylic acids is 5. The number of carbonyl (C=O) groups is 5. The van der Waals surface area contributed by atoms with E-state index in [1.54, 1.807) is 0 Å². The lowest BCUT2D eigenvalue weighted by Gasteiger charge is -2.33. The molecule has 0 bridgehead atoms. The number of hydrogen-bond acceptors (Lipinski definition) is 7. The summed E-state index contributed by atoms with van der Waals surface area (Å²) in [7, 11) is 0. The summed E-state index contributed by atoms with van der Waals surface area (Å²) < 4.78 is 0. The first-order valence-corrected chi connectivity index (χ1v) is 15.9. The molecular formula is C28H52N6O5S. The van der Waals surface area contributed by atoms with E-state index in [-0.39, 0.29) is 29.6 Å². The standard InChI is InChI=1S/C28H52N6O5S/c1-8-17(5)22(29)27(38)33-23(18(6)9-2)28(39)34-13-10-11-21(34)26(37)32-20(15-16(3)4)25(36)31-19(24(30)35)12-14-40-7/h16-23H,8-15,29H2,1-7H3,(H2,30,35)(H,31,36)(H,32,37)(H,33,38)/t17-,18-,19-,20-,21-,22-,23-/m0/s1. The largest absolute Gasteiger partial charge is 0.368 e. The van der Waals surface area contributed by atoms with Crippen molar-refractivity contribution < 1.29 is 24.0 Å². The molecule has 230 valence electrons. The number of primary amides is 1. The third-order valence-electron chi connectivity index (χ3n) is 7.79. The van der Waals surface area contributed by atoms with Gasteiger partial charge in [0, 0.05) is 6.54 Å². The molecule has 0 aromatic rings. The summed E-state index contributed by atoms with van der Waals surface area (Å²) >= 11 is 1.54. The Morgan fingerprint density at radius 2 is 1.55 bits per heavy atom. The first kappa shape index (κ1) is 35.7. The Bertz CT molecular complexity index is 872. The summed E-state index contributed by atoms with van der Waals surface area (Å²) in [6.07, 6.45) is 5.08. The zero-order chi connectivity index (χ0) is 30.6. The third-order valence-corrected chi connectivity index (χ3v) is 8.43. The van der Waals surface area contributed by atoms with Gasteiger partial charge in [0.25, 0.3) is 0 Å². The van der Waals surface area contributed by atoms with Gasteiger partial charge in [0.15, 0.2) is 0 Å². The fraction of sp³-hybridized carbons (Fsp3) is 0.821. The lowest BCUT2D eigenvalue weighted by molar-refractivity contribution is -0.143. The number of hydrogen-bond donors (Lipinski definition) is 5. The first-order valence-electron chi connectivity index (χ1n) is 14.5. The normalized spacial score (nSPS) is 19.7. The molecule has 1 rings (SSSR count). The van der Waals surface area contributed by atoms with Crippen molar-refractivity contribution in [2.45, 2.75) is 110 Å². The van der Waals surface area contributed by atoms with E-state index < -0.39 is 47.9 Å². The number of nitrogens with zero attached hydrogens (tertiary/aromatic N) is 1. The molecule has 0 aliphatic carbocycles. The predicted octanol–water partition coefficient (Wildman–Crippen LogP) is 1.14. The van der Waals surface area contributed by atoms with E-state index in [1.165, 1.54) is 16.7 Å². The van der Waals surface area contributed by atoms with Gasteiger partial charge in [-0.2, -0.15) is 11.8 Å². The molecule has 0 saturated carbocycles. The van der Waals surface area contributed by atoms with Crippen molar-refractivity contribution in [3.05, 3.63) is 0 Å². The summed E-state index contributed by atoms with van der Waals surface area (Å²) in [6.45, 7) is 11.9. The lowest BCUT2D eigenvalue weighted by atomic mass is 9.95. The molecule has 7 N–H and O–H groups in total. The molecule has 0 aromatic carbocycles. The molecule has 1 heterocycles. The van der Waals surface area contributed by atoms with Crippen LogP contribution in [0.1, 0.15) is 80.1 Å². The van der Waals surface area contributed by atoms with Gasteiger partial charge in [0.2, 0.25) is 29.5 Å². The minimum Gasteiger partial charge on any atom is -0.368 e. The van der Waals surface area contributed by atoms with Crippen molar-refractivity contribution in [2.24, 2.45) is 29.2 Å². The van der Waals surface area contributed by atoms with Gasteiger partial charge in [-0.3, -0.25) is 24.0 Å². The van der Waals surface area contributed by atoms with Gasteiger partial charge in [0.1, 0.15) is 24.2 Å². The highest BCUT2D eigenvalue weighted by Crippen LogP contribution is 2.22. The van der Waals surface area contributed by atoms with E-state index in [0.717, 1.165) is 6.42 Å². The zero-order valence-corrected chi connectivity index (χ0v) is 26.1. The summed E-state index contributed by atoms with van der Waals surface area (Å²) in [5.41, 5.74) is 11.6. The van der Waals surface area contributed by atoms with E-state index in [1.807, 2.05) is 47.8 Å². The number of nitrogens with two attached hydrogens (primary N) is 2. The van der Waals surface area contributed by atoms with Crippen LogP contribution in [-0.4, -0.2) is 83.2 Å². The van der Waals surface area contributed by atoms with Crippen LogP contribution >= 0.6 is 11.8 Å². The molecule has 1 fully saturated rings. The molecule has 1 aliphatic heterocycles. The van der Waals surface area contributed by atoms with E-state index >= 15 is 0 Å². The molecule has 40 heavy (non-hydrogen) atoms. The van der Waals surface area contributed by atoms with E-state index in [4.69, 9.17) is 11.5 Å². The fourth-order valence-corrected chi connectivity index (χ4v) is 5.16. The minimum absolute atomic E-state index is 0.0445. The van der Waals surface area contributed by atoms with Gasteiger partial charge in [-0.05, 0) is 55.4 Å². The molecule has 7 atom stereocenters. The maximum atomic E-state index is 13.7. The second-order valence-corrected chi connectivity index (χ2v) is 12.4. The van der Waals surface area contributed by atoms with Crippen molar-refractivity contribution in [1.82, 2.24) is 20.9 Å². The Labute approximate surface area is 244 Å². The zero-order valence-electron chi connectivity index (χ0n) is 25.3. The van der Waals surface area contributed by atoms with Crippen molar-refractivity contribution in [2.75, 3.05) is 18.6 Å². The SMILES string of the molecule is CC[C@H](C)[C@H](N)C(=O)N[C@H](C(=O)N1CCC[C@H]1C(=O)N[C@@H](CC(C)C)C(=O)N[C@@H](CCSC)C(N)=O)[C@@H](C)CC. The Balaban J connectivity index is 3.08. The maximum absolute atomic E-state index is 13.7. The molecule has 11 nitrogen and oxygen atoms in total. The minimum atomic E-state index is -0.889. The van der Waals surface area contributed by atoms with Gasteiger partial charge in [-0.15, -0.1) is 0 Å². The van der Waals surface area contributed by atoms with Crippen LogP contribution in [0, 0.1) is 17.8 Å². The van der Waals surface area contributed by atoms with Crippen molar-refractivity contribution in [3.63, 3.8) is 0 Å². The van der Waals surface area contributed by atoms with Crippen molar-refractivity contribution in [3.8, 4) is 0 Å². The van der Waals surface area contributed by atoms with Crippen LogP contribution in [0.25, 0.3) is 0 Å². The molecule has 0 unspecified atom stereocenters. The van der Waals surface area contributed by atoms with Gasteiger partial charge in [-0.1, -0.05) is 54.4 Å². The topological polar surface area (TPSA) is 177 Å². The number of rotatable bonds is 17. The summed E-state index contributed by atoms with van der Waals surface area (Å²) in [5, 5.41) is 8.38. The molecule has 0 radical (unpaired) electrons. The van der Waals surface area contributed by atoms with Gasteiger partial charge >= 0.3 is 0 Å². The second-order valence-electron chi connectivity index (χ2n) is 11.4. The Hall–Kier alpha value is -2.34. The second kappa shape index (κ2) is 17.5. The first-order chi connectivity index (χ1) is 18.8. The molecule has 0 aromatic heterocycles. The van der Waals surface area contributed by atoms with Crippen LogP contribution in [-0.2, 0) is 24.0 Å². The van der Waals surface area contributed by atoms with Gasteiger partial charge in [0.05, 0.1) is 6.04 Å². The van der Waals surface area contributed by atoms with Crippen LogP contribution in [0.5, 0.6) is 0 Å². The van der Waals surface area contributed by atoms with E-state index in [9.17, 15) is 24.0 Å². The lowest BCUT2D eigenvalue weighted by Crippen LogP contribution is -2.59. The smallest absolute Gasteiger partial charge is 0.246 e. The molecule has 0 spiro atoms. The predicted molar refractivity (Wildman–Crippen MR) is 159 cm³/mol. The highest BCUT2D eigenvalue weighted by atomic mass is 32.2. The Kier molecular flexibility index (Phi) is 15.6. The quantitative estimate of drug-likeness (QED) is 0.170. The van der Waals surface area contributed by atoms with E-state index in [2.05, 4.69) is 16.0 Å². The molecule has 1 saturated heterocycles. The van der Waals surface area contributed by atoms with Crippen LogP contribution in [0.3, 0.4) is 0 Å². The monoisotopic (exact) mass is 584 g/mol. The number of nitrogens with one attached hydrogen (secondary N) is 3. The van der Waals surface area contributed by atoms with E-state index in [0.29, 0.717) is 44.4 Å². The highest BCUT2D eigenvalue weighted by molar-refractivity contribution is 7.98. The molecular weight excluding hydrogens is 532 g/mol. The average Bonchev–Trinajstić information content (AvgIpc) is 3.41. The maximum Gasteiger partial charge on any atom is 0.246 e. The summed E-state index contributed by atoms with van der Waals surface area (Å²) in [5.74, 6) is -1.74. The third kappa shape index (κ3) is 10.6. The highest BCUT2D eigenvalue weighted by Gasteiger charge is 2.41. The van der Waals surface area contributed by atoms with Gasteiger partial charge in [-0.25, -0.2) is 0 Å². The van der Waals surface area contributed by atoms with Crippen LogP contribution in [0.2, 0.25) is 0 Å². The summed E-state index contributed by atoms with van der Waals surface area (Å²) in [4.78, 5) is 66.6. The average molecular weight is 585 g/mol. The number of likely N-dealkylation sites (tertiary alicyclic amines) is 1. The Morgan fingerprint density at radius 1 is 0.925 bits per heavy atom. The van der Waals surface area contributed by atoms with Crippen LogP contribution in [0.15, 0.2) is 0 Å². The van der Waals surface area contributed by atoms with Crippen molar-refractivity contribution in [1.29, 1.82) is 0 Å². The van der Waals surface area contributed by atoms with Crippen LogP contribution < -0.4 is 27.4 Å². The molecule has 12 heteroatoms. The number of thioether (sulfide) groups is 1. The summed E-state index contributed by atoms with van der Waals surface area (Å²) in [6, 6.07) is -4.05. The van der Waals surface area contributed by atoms with Crippen molar-refractivity contribution >= 4 is 41.3 Å². The number of amides is 5. The molecule has 1 aliphatic rings. The molecule has 5 amide bonds. The Morgan fingerprint density at radius 3 is 2.08 bits per heavy atom. The van der Waals surface area contributed by atoms with Gasteiger partial charge < -0.3 is 32.3 Å². The fourth-order valence-electron chi connectivity index (χ4n) is 4.69.